The third-order valence-electron chi connectivity index (χ3n) is 2.95. The number of nitrogens with one attached hydrogen (secondary N) is 1. The Morgan fingerprint density at radius 3 is 2.40 bits per heavy atom. The number of benzene rings is 2. The lowest BCUT2D eigenvalue weighted by Gasteiger charge is -2.02. The summed E-state index contributed by atoms with van der Waals surface area (Å²) in [5.74, 6) is 0. The van der Waals surface area contributed by atoms with Gasteiger partial charge in [0.2, 0.25) is 0 Å². The Morgan fingerprint density at radius 1 is 1.00 bits per heavy atom. The Bertz CT molecular complexity index is 702. The van der Waals surface area contributed by atoms with Gasteiger partial charge in [-0.25, -0.2) is 4.98 Å². The zero-order chi connectivity index (χ0) is 13.9. The molecule has 2 aromatic carbocycles. The van der Waals surface area contributed by atoms with Crippen molar-refractivity contribution in [3.8, 4) is 11.3 Å². The van der Waals surface area contributed by atoms with Crippen LogP contribution >= 0.6 is 33.9 Å². The zero-order valence-corrected chi connectivity index (χ0v) is 13.9. The Hall–Kier alpha value is -1.40. The highest BCUT2D eigenvalue weighted by Crippen LogP contribution is 2.27. The summed E-state index contributed by atoms with van der Waals surface area (Å²) in [5.41, 5.74) is 4.50. The van der Waals surface area contributed by atoms with E-state index in [1.165, 1.54) is 9.13 Å². The van der Waals surface area contributed by atoms with Crippen LogP contribution < -0.4 is 5.32 Å². The number of rotatable bonds is 3. The predicted molar refractivity (Wildman–Crippen MR) is 94.7 cm³/mol. The lowest BCUT2D eigenvalue weighted by molar-refractivity contribution is 1.37. The molecule has 0 fully saturated rings. The quantitative estimate of drug-likeness (QED) is 0.599. The van der Waals surface area contributed by atoms with Crippen molar-refractivity contribution in [1.82, 2.24) is 4.98 Å². The van der Waals surface area contributed by atoms with Gasteiger partial charge in [-0.1, -0.05) is 29.8 Å². The second-order valence-electron chi connectivity index (χ2n) is 4.54. The van der Waals surface area contributed by atoms with E-state index < -0.39 is 0 Å². The minimum absolute atomic E-state index is 0.918. The molecule has 3 rings (SSSR count). The van der Waals surface area contributed by atoms with E-state index in [4.69, 9.17) is 0 Å². The second-order valence-corrected chi connectivity index (χ2v) is 6.64. The molecule has 1 heterocycles. The van der Waals surface area contributed by atoms with Crippen LogP contribution in [0.5, 0.6) is 0 Å². The third kappa shape index (κ3) is 3.19. The third-order valence-corrected chi connectivity index (χ3v) is 4.42. The molecule has 0 unspecified atom stereocenters. The van der Waals surface area contributed by atoms with Gasteiger partial charge in [0.1, 0.15) is 0 Å². The maximum atomic E-state index is 4.63. The Balaban J connectivity index is 1.80. The minimum Gasteiger partial charge on any atom is -0.332 e. The van der Waals surface area contributed by atoms with Crippen molar-refractivity contribution in [2.24, 2.45) is 0 Å². The standard InChI is InChI=1S/C16H13IN2S/c1-11-2-4-12(5-3-11)15-10-20-16(19-15)18-14-8-6-13(17)7-9-14/h2-10H,1H3,(H,18,19). The van der Waals surface area contributed by atoms with E-state index in [0.29, 0.717) is 0 Å². The van der Waals surface area contributed by atoms with Crippen LogP contribution in [0.3, 0.4) is 0 Å². The molecule has 0 radical (unpaired) electrons. The van der Waals surface area contributed by atoms with Crippen molar-refractivity contribution in [2.75, 3.05) is 5.32 Å². The van der Waals surface area contributed by atoms with Crippen LogP contribution in [0.2, 0.25) is 0 Å². The maximum Gasteiger partial charge on any atom is 0.187 e. The molecule has 0 aliphatic carbocycles. The topological polar surface area (TPSA) is 24.9 Å². The van der Waals surface area contributed by atoms with Crippen molar-refractivity contribution in [1.29, 1.82) is 0 Å². The maximum absolute atomic E-state index is 4.63. The van der Waals surface area contributed by atoms with E-state index in [-0.39, 0.29) is 0 Å². The van der Waals surface area contributed by atoms with Crippen LogP contribution in [-0.4, -0.2) is 4.98 Å². The van der Waals surface area contributed by atoms with Crippen molar-refractivity contribution in [2.45, 2.75) is 6.92 Å². The van der Waals surface area contributed by atoms with Crippen LogP contribution in [0.25, 0.3) is 11.3 Å². The summed E-state index contributed by atoms with van der Waals surface area (Å²) in [6.45, 7) is 2.09. The molecule has 0 atom stereocenters. The fourth-order valence-corrected chi connectivity index (χ4v) is 2.94. The molecule has 100 valence electrons. The van der Waals surface area contributed by atoms with Crippen LogP contribution in [-0.2, 0) is 0 Å². The van der Waals surface area contributed by atoms with Crippen LogP contribution in [0, 0.1) is 10.5 Å². The largest absolute Gasteiger partial charge is 0.332 e. The van der Waals surface area contributed by atoms with Crippen molar-refractivity contribution in [3.05, 3.63) is 63.0 Å². The molecule has 3 aromatic rings. The number of hydrogen-bond acceptors (Lipinski definition) is 3. The fraction of sp³-hybridized carbons (Fsp3) is 0.0625. The SMILES string of the molecule is Cc1ccc(-c2csc(Nc3ccc(I)cc3)n2)cc1. The summed E-state index contributed by atoms with van der Waals surface area (Å²) in [4.78, 5) is 4.63. The lowest BCUT2D eigenvalue weighted by atomic mass is 10.1. The zero-order valence-electron chi connectivity index (χ0n) is 10.9. The van der Waals surface area contributed by atoms with Gasteiger partial charge in [-0.05, 0) is 53.8 Å². The number of anilines is 2. The highest BCUT2D eigenvalue weighted by Gasteiger charge is 2.04. The Kier molecular flexibility index (Phi) is 4.03. The Labute approximate surface area is 136 Å². The number of hydrogen-bond donors (Lipinski definition) is 1. The molecule has 2 nitrogen and oxygen atoms in total. The van der Waals surface area contributed by atoms with Crippen LogP contribution in [0.1, 0.15) is 5.56 Å². The normalized spacial score (nSPS) is 10.5. The molecule has 0 saturated heterocycles. The van der Waals surface area contributed by atoms with E-state index in [1.54, 1.807) is 11.3 Å². The first-order valence-electron chi connectivity index (χ1n) is 6.26. The average molecular weight is 392 g/mol. The minimum atomic E-state index is 0.918. The van der Waals surface area contributed by atoms with E-state index >= 15 is 0 Å². The first-order chi connectivity index (χ1) is 9.70. The molecule has 0 spiro atoms. The molecule has 0 bridgehead atoms. The summed E-state index contributed by atoms with van der Waals surface area (Å²) in [6, 6.07) is 16.7. The van der Waals surface area contributed by atoms with E-state index in [0.717, 1.165) is 22.1 Å². The molecule has 0 amide bonds. The van der Waals surface area contributed by atoms with Gasteiger partial charge < -0.3 is 5.32 Å². The highest BCUT2D eigenvalue weighted by atomic mass is 127. The first kappa shape index (κ1) is 13.6. The van der Waals surface area contributed by atoms with E-state index in [1.807, 2.05) is 0 Å². The van der Waals surface area contributed by atoms with E-state index in [2.05, 4.69) is 93.7 Å². The number of halogens is 1. The van der Waals surface area contributed by atoms with Gasteiger partial charge in [0.15, 0.2) is 5.13 Å². The molecular weight excluding hydrogens is 379 g/mol. The molecule has 0 aliphatic rings. The molecule has 0 saturated carbocycles. The molecule has 0 aliphatic heterocycles. The summed E-state index contributed by atoms with van der Waals surface area (Å²) < 4.78 is 1.23. The van der Waals surface area contributed by atoms with Crippen molar-refractivity contribution >= 4 is 44.7 Å². The summed E-state index contributed by atoms with van der Waals surface area (Å²) in [5, 5.41) is 6.34. The lowest BCUT2D eigenvalue weighted by Crippen LogP contribution is -1.89. The van der Waals surface area contributed by atoms with Gasteiger partial charge in [0.05, 0.1) is 5.69 Å². The average Bonchev–Trinajstić information content (AvgIpc) is 2.91. The van der Waals surface area contributed by atoms with Gasteiger partial charge in [0.25, 0.3) is 0 Å². The molecule has 4 heteroatoms. The monoisotopic (exact) mass is 392 g/mol. The van der Waals surface area contributed by atoms with Gasteiger partial charge in [-0.2, -0.15) is 0 Å². The van der Waals surface area contributed by atoms with Gasteiger partial charge in [-0.15, -0.1) is 11.3 Å². The second kappa shape index (κ2) is 5.93. The molecule has 1 N–H and O–H groups in total. The Morgan fingerprint density at radius 2 is 1.70 bits per heavy atom. The smallest absolute Gasteiger partial charge is 0.187 e. The van der Waals surface area contributed by atoms with Crippen molar-refractivity contribution in [3.63, 3.8) is 0 Å². The van der Waals surface area contributed by atoms with E-state index in [9.17, 15) is 0 Å². The summed E-state index contributed by atoms with van der Waals surface area (Å²) >= 11 is 3.92. The summed E-state index contributed by atoms with van der Waals surface area (Å²) in [7, 11) is 0. The van der Waals surface area contributed by atoms with Crippen molar-refractivity contribution < 1.29 is 0 Å². The number of nitrogens with zero attached hydrogens (tertiary/aromatic N) is 1. The van der Waals surface area contributed by atoms with Crippen LogP contribution in [0.15, 0.2) is 53.9 Å². The number of aryl methyl sites for hydroxylation is 1. The first-order valence-corrected chi connectivity index (χ1v) is 8.22. The summed E-state index contributed by atoms with van der Waals surface area (Å²) in [6.07, 6.45) is 0. The van der Waals surface area contributed by atoms with Gasteiger partial charge in [0, 0.05) is 20.2 Å². The van der Waals surface area contributed by atoms with Gasteiger partial charge in [-0.3, -0.25) is 0 Å². The number of aromatic nitrogens is 1. The predicted octanol–water partition coefficient (Wildman–Crippen LogP) is 5.47. The molecular formula is C16H13IN2S. The number of thiazole rings is 1. The fourth-order valence-electron chi connectivity index (χ4n) is 1.84. The molecule has 20 heavy (non-hydrogen) atoms. The van der Waals surface area contributed by atoms with Crippen LogP contribution in [0.4, 0.5) is 10.8 Å². The molecule has 1 aromatic heterocycles. The van der Waals surface area contributed by atoms with Gasteiger partial charge >= 0.3 is 0 Å². The highest BCUT2D eigenvalue weighted by molar-refractivity contribution is 14.1.